The standard InChI is InChI=1S/C24H23FN2O/c25-21-12-10-18(11-13-21)16-27-17-20(22-8-4-5-9-23(22)27)14-26-15-24(28)19-6-2-1-3-7-19/h1-13,17,24,26,28H,14-16H2/t24-/m0/s1. The molecule has 0 spiro atoms. The SMILES string of the molecule is O[C@@H](CNCc1cn(Cc2ccc(F)cc2)c2ccccc12)c1ccccc1. The smallest absolute Gasteiger partial charge is 0.123 e. The number of aromatic nitrogens is 1. The van der Waals surface area contributed by atoms with E-state index in [9.17, 15) is 9.50 Å². The Hall–Kier alpha value is -2.95. The van der Waals surface area contributed by atoms with Crippen LogP contribution in [0.5, 0.6) is 0 Å². The van der Waals surface area contributed by atoms with Crippen molar-refractivity contribution >= 4 is 10.9 Å². The topological polar surface area (TPSA) is 37.2 Å². The fraction of sp³-hybridized carbons (Fsp3) is 0.167. The predicted octanol–water partition coefficient (Wildman–Crippen LogP) is 4.65. The van der Waals surface area contributed by atoms with Crippen LogP contribution in [-0.4, -0.2) is 16.2 Å². The first-order valence-electron chi connectivity index (χ1n) is 9.45. The first-order chi connectivity index (χ1) is 13.7. The Morgan fingerprint density at radius 2 is 1.61 bits per heavy atom. The Kier molecular flexibility index (Phi) is 5.51. The summed E-state index contributed by atoms with van der Waals surface area (Å²) in [6, 6.07) is 24.6. The van der Waals surface area contributed by atoms with Crippen molar-refractivity contribution in [3.63, 3.8) is 0 Å². The van der Waals surface area contributed by atoms with Gasteiger partial charge >= 0.3 is 0 Å². The van der Waals surface area contributed by atoms with Gasteiger partial charge in [0.2, 0.25) is 0 Å². The molecule has 142 valence electrons. The second-order valence-electron chi connectivity index (χ2n) is 6.98. The zero-order chi connectivity index (χ0) is 19.3. The molecule has 4 rings (SSSR count). The zero-order valence-corrected chi connectivity index (χ0v) is 15.6. The maximum atomic E-state index is 13.2. The molecular weight excluding hydrogens is 351 g/mol. The zero-order valence-electron chi connectivity index (χ0n) is 15.6. The number of aliphatic hydroxyl groups is 1. The lowest BCUT2D eigenvalue weighted by Crippen LogP contribution is -2.20. The molecule has 3 nitrogen and oxygen atoms in total. The molecule has 1 atom stereocenters. The van der Waals surface area contributed by atoms with Gasteiger partial charge in [-0.15, -0.1) is 0 Å². The van der Waals surface area contributed by atoms with E-state index in [2.05, 4.69) is 28.2 Å². The molecule has 0 unspecified atom stereocenters. The van der Waals surface area contributed by atoms with Crippen molar-refractivity contribution in [1.29, 1.82) is 0 Å². The summed E-state index contributed by atoms with van der Waals surface area (Å²) in [6.07, 6.45) is 1.60. The molecule has 0 aliphatic rings. The monoisotopic (exact) mass is 374 g/mol. The number of halogens is 1. The second kappa shape index (κ2) is 8.38. The minimum atomic E-state index is -0.534. The predicted molar refractivity (Wildman–Crippen MR) is 111 cm³/mol. The van der Waals surface area contributed by atoms with E-state index >= 15 is 0 Å². The number of rotatable bonds is 7. The Bertz CT molecular complexity index is 1040. The van der Waals surface area contributed by atoms with Crippen molar-refractivity contribution in [1.82, 2.24) is 9.88 Å². The lowest BCUT2D eigenvalue weighted by Gasteiger charge is -2.11. The molecule has 0 saturated carbocycles. The van der Waals surface area contributed by atoms with E-state index < -0.39 is 6.10 Å². The molecule has 2 N–H and O–H groups in total. The third-order valence-corrected chi connectivity index (χ3v) is 4.97. The molecule has 0 saturated heterocycles. The van der Waals surface area contributed by atoms with Gasteiger partial charge in [0.25, 0.3) is 0 Å². The van der Waals surface area contributed by atoms with Crippen molar-refractivity contribution in [3.8, 4) is 0 Å². The minimum Gasteiger partial charge on any atom is -0.387 e. The Labute approximate surface area is 164 Å². The Morgan fingerprint density at radius 1 is 0.893 bits per heavy atom. The largest absolute Gasteiger partial charge is 0.387 e. The summed E-state index contributed by atoms with van der Waals surface area (Å²) in [5.74, 6) is -0.219. The van der Waals surface area contributed by atoms with Gasteiger partial charge in [-0.3, -0.25) is 0 Å². The van der Waals surface area contributed by atoms with E-state index in [0.717, 1.165) is 16.6 Å². The first-order valence-corrected chi connectivity index (χ1v) is 9.45. The summed E-state index contributed by atoms with van der Waals surface area (Å²) in [6.45, 7) is 1.84. The molecule has 1 heterocycles. The van der Waals surface area contributed by atoms with Crippen molar-refractivity contribution in [2.75, 3.05) is 6.54 Å². The quantitative estimate of drug-likeness (QED) is 0.494. The van der Waals surface area contributed by atoms with E-state index in [0.29, 0.717) is 19.6 Å². The van der Waals surface area contributed by atoms with Crippen LogP contribution in [0.15, 0.2) is 85.1 Å². The normalized spacial score (nSPS) is 12.4. The fourth-order valence-corrected chi connectivity index (χ4v) is 3.52. The minimum absolute atomic E-state index is 0.219. The molecule has 0 bridgehead atoms. The van der Waals surface area contributed by atoms with E-state index in [1.54, 1.807) is 0 Å². The summed E-state index contributed by atoms with van der Waals surface area (Å²) in [7, 11) is 0. The number of nitrogens with one attached hydrogen (secondary N) is 1. The third kappa shape index (κ3) is 4.14. The van der Waals surface area contributed by atoms with Gasteiger partial charge in [-0.25, -0.2) is 4.39 Å². The second-order valence-corrected chi connectivity index (χ2v) is 6.98. The summed E-state index contributed by atoms with van der Waals surface area (Å²) >= 11 is 0. The molecule has 0 aliphatic heterocycles. The number of hydrogen-bond acceptors (Lipinski definition) is 2. The van der Waals surface area contributed by atoms with Crippen LogP contribution in [0.3, 0.4) is 0 Å². The molecule has 3 aromatic carbocycles. The molecule has 28 heavy (non-hydrogen) atoms. The number of fused-ring (bicyclic) bond motifs is 1. The Balaban J connectivity index is 1.49. The van der Waals surface area contributed by atoms with Crippen molar-refractivity contribution in [2.24, 2.45) is 0 Å². The molecule has 4 aromatic rings. The number of aliphatic hydroxyl groups excluding tert-OH is 1. The molecule has 4 heteroatoms. The van der Waals surface area contributed by atoms with Gasteiger partial charge in [-0.2, -0.15) is 0 Å². The van der Waals surface area contributed by atoms with E-state index in [1.165, 1.54) is 23.1 Å². The van der Waals surface area contributed by atoms with Gasteiger partial charge in [0.15, 0.2) is 0 Å². The van der Waals surface area contributed by atoms with Gasteiger partial charge in [0.05, 0.1) is 6.10 Å². The van der Waals surface area contributed by atoms with Crippen molar-refractivity contribution in [2.45, 2.75) is 19.2 Å². The lowest BCUT2D eigenvalue weighted by molar-refractivity contribution is 0.174. The first kappa shape index (κ1) is 18.4. The number of nitrogens with zero attached hydrogens (tertiary/aromatic N) is 1. The highest BCUT2D eigenvalue weighted by molar-refractivity contribution is 5.84. The van der Waals surface area contributed by atoms with E-state index in [4.69, 9.17) is 0 Å². The van der Waals surface area contributed by atoms with E-state index in [-0.39, 0.29) is 5.82 Å². The molecule has 1 aromatic heterocycles. The Morgan fingerprint density at radius 3 is 2.39 bits per heavy atom. The number of benzene rings is 3. The third-order valence-electron chi connectivity index (χ3n) is 4.97. The van der Waals surface area contributed by atoms with E-state index in [1.807, 2.05) is 54.6 Å². The van der Waals surface area contributed by atoms with Crippen LogP contribution in [0.25, 0.3) is 10.9 Å². The van der Waals surface area contributed by atoms with Crippen molar-refractivity contribution in [3.05, 3.63) is 108 Å². The number of para-hydroxylation sites is 1. The molecular formula is C24H23FN2O. The average molecular weight is 374 g/mol. The number of hydrogen-bond donors (Lipinski definition) is 2. The van der Waals surface area contributed by atoms with Crippen LogP contribution in [0.1, 0.15) is 22.8 Å². The van der Waals surface area contributed by atoms with Gasteiger partial charge in [0.1, 0.15) is 5.82 Å². The molecule has 0 amide bonds. The molecule has 0 radical (unpaired) electrons. The maximum absolute atomic E-state index is 13.2. The van der Waals surface area contributed by atoms with Crippen LogP contribution >= 0.6 is 0 Å². The van der Waals surface area contributed by atoms with Crippen LogP contribution < -0.4 is 5.32 Å². The van der Waals surface area contributed by atoms with Gasteiger partial charge in [-0.05, 0) is 34.9 Å². The maximum Gasteiger partial charge on any atom is 0.123 e. The molecule has 0 fully saturated rings. The lowest BCUT2D eigenvalue weighted by atomic mass is 10.1. The average Bonchev–Trinajstić information content (AvgIpc) is 3.08. The summed E-state index contributed by atoms with van der Waals surface area (Å²) in [5, 5.41) is 14.9. The van der Waals surface area contributed by atoms with Gasteiger partial charge < -0.3 is 15.0 Å². The van der Waals surface area contributed by atoms with Gasteiger partial charge in [0, 0.05) is 36.7 Å². The summed E-state index contributed by atoms with van der Waals surface area (Å²) < 4.78 is 15.4. The highest BCUT2D eigenvalue weighted by Crippen LogP contribution is 2.23. The highest BCUT2D eigenvalue weighted by atomic mass is 19.1. The summed E-state index contributed by atoms with van der Waals surface area (Å²) in [5.41, 5.74) is 4.29. The van der Waals surface area contributed by atoms with Crippen LogP contribution in [0.4, 0.5) is 4.39 Å². The van der Waals surface area contributed by atoms with Crippen molar-refractivity contribution < 1.29 is 9.50 Å². The summed E-state index contributed by atoms with van der Waals surface area (Å²) in [4.78, 5) is 0. The van der Waals surface area contributed by atoms with Gasteiger partial charge in [-0.1, -0.05) is 60.7 Å². The van der Waals surface area contributed by atoms with Crippen LogP contribution in [0.2, 0.25) is 0 Å². The molecule has 0 aliphatic carbocycles. The van der Waals surface area contributed by atoms with Crippen LogP contribution in [-0.2, 0) is 13.1 Å². The highest BCUT2D eigenvalue weighted by Gasteiger charge is 2.10. The fourth-order valence-electron chi connectivity index (χ4n) is 3.52. The van der Waals surface area contributed by atoms with Crippen LogP contribution in [0, 0.1) is 5.82 Å².